The van der Waals surface area contributed by atoms with Gasteiger partial charge in [-0.1, -0.05) is 22.6 Å². The van der Waals surface area contributed by atoms with Crippen LogP contribution < -0.4 is 23.7 Å². The predicted molar refractivity (Wildman–Crippen MR) is 121 cm³/mol. The Hall–Kier alpha value is -2.20. The number of fused-ring (bicyclic) bond motifs is 6. The molecular weight excluding hydrogens is 519 g/mol. The van der Waals surface area contributed by atoms with Crippen LogP contribution in [0.2, 0.25) is 0 Å². The van der Waals surface area contributed by atoms with Crippen molar-refractivity contribution in [2.45, 2.75) is 34.9 Å². The number of carbonyl (C=O) groups is 1. The Bertz CT molecular complexity index is 1060. The van der Waals surface area contributed by atoms with Crippen molar-refractivity contribution in [1.29, 1.82) is 0 Å². The van der Waals surface area contributed by atoms with Crippen LogP contribution in [0.25, 0.3) is 0 Å². The third-order valence-corrected chi connectivity index (χ3v) is 7.34. The molecule has 4 atom stereocenters. The number of hydrogen-bond donors (Lipinski definition) is 1. The van der Waals surface area contributed by atoms with E-state index < -0.39 is 15.4 Å². The number of methoxy groups -OCH3 is 2. The highest BCUT2D eigenvalue weighted by molar-refractivity contribution is 14.1. The van der Waals surface area contributed by atoms with Crippen molar-refractivity contribution in [1.82, 2.24) is 0 Å². The molecule has 3 aliphatic rings. The maximum Gasteiger partial charge on any atom is 0.178 e. The summed E-state index contributed by atoms with van der Waals surface area (Å²) in [6.45, 7) is 2.20. The van der Waals surface area contributed by atoms with Gasteiger partial charge in [0.05, 0.1) is 35.7 Å². The molecule has 1 N–H and O–H groups in total. The number of carbonyl (C=O) groups excluding carboxylic acids is 1. The fourth-order valence-electron chi connectivity index (χ4n) is 4.50. The van der Waals surface area contributed by atoms with Crippen LogP contribution >= 0.6 is 22.6 Å². The Kier molecular flexibility index (Phi) is 4.97. The van der Waals surface area contributed by atoms with Gasteiger partial charge in [0, 0.05) is 23.6 Å². The molecule has 8 heteroatoms. The van der Waals surface area contributed by atoms with Gasteiger partial charge in [-0.2, -0.15) is 0 Å². The van der Waals surface area contributed by atoms with E-state index in [1.165, 1.54) is 0 Å². The molecule has 2 aromatic rings. The predicted octanol–water partition coefficient (Wildman–Crippen LogP) is 3.31. The second-order valence-corrected chi connectivity index (χ2v) is 10.7. The van der Waals surface area contributed by atoms with Crippen molar-refractivity contribution in [3.63, 3.8) is 0 Å². The fraction of sp³-hybridized carbons (Fsp3) is 0.435. The molecule has 0 aromatic heterocycles. The van der Waals surface area contributed by atoms with E-state index in [0.717, 1.165) is 11.1 Å². The van der Waals surface area contributed by atoms with Crippen LogP contribution in [0.3, 0.4) is 0 Å². The zero-order valence-electron chi connectivity index (χ0n) is 17.4. The second-order valence-electron chi connectivity index (χ2n) is 8.22. The van der Waals surface area contributed by atoms with Crippen LogP contribution in [0.4, 0.5) is 0 Å². The van der Waals surface area contributed by atoms with Crippen LogP contribution in [0.15, 0.2) is 24.3 Å². The summed E-state index contributed by atoms with van der Waals surface area (Å²) in [6.07, 6.45) is -0.0675. The van der Waals surface area contributed by atoms with Crippen LogP contribution in [0.1, 0.15) is 34.3 Å². The lowest BCUT2D eigenvalue weighted by Crippen LogP contribution is -2.43. The number of aliphatic hydroxyl groups excluding tert-OH is 1. The molecule has 7 nitrogen and oxygen atoms in total. The average molecular weight is 542 g/mol. The Labute approximate surface area is 193 Å². The smallest absolute Gasteiger partial charge is 0.178 e. The standard InChI is InChI=1S/C23H23IO7/c1-23(24,10-25)19-7-13-14(30-19)5-4-11-21(26)20-12-6-16(27-2)17(28-3)8-15(12)29-9-18(20)31-22(11)13/h4-6,8,18-20,25H,7,9-10H2,1-3H3/t18-,19?,20+,23+/m1/s1/i24+4. The lowest BCUT2D eigenvalue weighted by Gasteiger charge is -2.37. The Morgan fingerprint density at radius 1 is 1.16 bits per heavy atom. The molecule has 2 aromatic carbocycles. The minimum Gasteiger partial charge on any atom is -0.493 e. The largest absolute Gasteiger partial charge is 0.493 e. The van der Waals surface area contributed by atoms with Gasteiger partial charge < -0.3 is 28.8 Å². The maximum absolute atomic E-state index is 13.6. The number of benzene rings is 2. The molecule has 0 radical (unpaired) electrons. The number of Topliss-reactive ketones (excluding diaryl/α,β-unsaturated/α-hetero) is 1. The number of rotatable bonds is 4. The number of aliphatic hydroxyl groups is 1. The van der Waals surface area contributed by atoms with E-state index in [0.29, 0.717) is 40.7 Å². The summed E-state index contributed by atoms with van der Waals surface area (Å²) in [4.78, 5) is 13.6. The third kappa shape index (κ3) is 3.14. The van der Waals surface area contributed by atoms with Gasteiger partial charge in [-0.3, -0.25) is 4.79 Å². The van der Waals surface area contributed by atoms with Gasteiger partial charge in [-0.05, 0) is 25.1 Å². The Morgan fingerprint density at radius 2 is 1.90 bits per heavy atom. The maximum atomic E-state index is 13.6. The van der Waals surface area contributed by atoms with E-state index in [4.69, 9.17) is 23.7 Å². The van der Waals surface area contributed by atoms with Crippen LogP contribution in [-0.2, 0) is 6.42 Å². The number of hydrogen-bond acceptors (Lipinski definition) is 7. The lowest BCUT2D eigenvalue weighted by molar-refractivity contribution is 0.0554. The second kappa shape index (κ2) is 7.44. The van der Waals surface area contributed by atoms with Crippen molar-refractivity contribution in [2.75, 3.05) is 27.4 Å². The number of ether oxygens (including phenoxy) is 5. The van der Waals surface area contributed by atoms with Crippen molar-refractivity contribution in [3.8, 4) is 28.7 Å². The van der Waals surface area contributed by atoms with Crippen LogP contribution in [-0.4, -0.2) is 54.0 Å². The molecule has 1 unspecified atom stereocenters. The molecule has 0 saturated carbocycles. The number of halogens is 1. The summed E-state index contributed by atoms with van der Waals surface area (Å²) >= 11 is 2.22. The molecule has 0 amide bonds. The Balaban J connectivity index is 1.55. The fourth-order valence-corrected chi connectivity index (χ4v) is 4.85. The van der Waals surface area contributed by atoms with Crippen LogP contribution in [0, 0.1) is 0 Å². The number of alkyl halides is 1. The summed E-state index contributed by atoms with van der Waals surface area (Å²) < 4.78 is 28.8. The van der Waals surface area contributed by atoms with Crippen LogP contribution in [0.5, 0.6) is 28.7 Å². The van der Waals surface area contributed by atoms with E-state index >= 15 is 0 Å². The van der Waals surface area contributed by atoms with Crippen molar-refractivity contribution >= 4 is 28.4 Å². The van der Waals surface area contributed by atoms with E-state index in [1.54, 1.807) is 32.4 Å². The highest BCUT2D eigenvalue weighted by Crippen LogP contribution is 2.50. The summed E-state index contributed by atoms with van der Waals surface area (Å²) in [5.74, 6) is 2.48. The monoisotopic (exact) mass is 542 g/mol. The summed E-state index contributed by atoms with van der Waals surface area (Å²) in [7, 11) is 3.13. The topological polar surface area (TPSA) is 83.5 Å². The molecule has 3 aliphatic heterocycles. The molecule has 0 saturated heterocycles. The zero-order valence-corrected chi connectivity index (χ0v) is 19.6. The Morgan fingerprint density at radius 3 is 2.61 bits per heavy atom. The lowest BCUT2D eigenvalue weighted by atomic mass is 9.81. The van der Waals surface area contributed by atoms with Gasteiger partial charge in [-0.15, -0.1) is 0 Å². The van der Waals surface area contributed by atoms with Crippen molar-refractivity contribution < 1.29 is 33.6 Å². The summed E-state index contributed by atoms with van der Waals surface area (Å²) in [5, 5.41) is 9.73. The van der Waals surface area contributed by atoms with Gasteiger partial charge >= 0.3 is 0 Å². The first-order valence-corrected chi connectivity index (χ1v) is 11.2. The first-order chi connectivity index (χ1) is 14.9. The number of ketones is 1. The molecule has 0 spiro atoms. The van der Waals surface area contributed by atoms with E-state index in [2.05, 4.69) is 22.6 Å². The van der Waals surface area contributed by atoms with Crippen molar-refractivity contribution in [2.24, 2.45) is 0 Å². The minimum atomic E-state index is -0.487. The normalized spacial score (nSPS) is 24.9. The van der Waals surface area contributed by atoms with E-state index in [-0.39, 0.29) is 25.1 Å². The highest BCUT2D eigenvalue weighted by atomic mass is 131. The van der Waals surface area contributed by atoms with E-state index in [1.807, 2.05) is 13.0 Å². The summed E-state index contributed by atoms with van der Waals surface area (Å²) in [6, 6.07) is 7.15. The molecule has 3 heterocycles. The first kappa shape index (κ1) is 20.7. The summed E-state index contributed by atoms with van der Waals surface area (Å²) in [5.41, 5.74) is 2.16. The van der Waals surface area contributed by atoms with Gasteiger partial charge in [0.1, 0.15) is 36.1 Å². The molecule has 0 bridgehead atoms. The average Bonchev–Trinajstić information content (AvgIpc) is 3.23. The van der Waals surface area contributed by atoms with E-state index in [9.17, 15) is 9.90 Å². The van der Waals surface area contributed by atoms with Gasteiger partial charge in [0.25, 0.3) is 0 Å². The molecular formula is C23H23IO7. The minimum absolute atomic E-state index is 0.00515. The van der Waals surface area contributed by atoms with Gasteiger partial charge in [0.15, 0.2) is 17.3 Å². The molecule has 0 aliphatic carbocycles. The van der Waals surface area contributed by atoms with Gasteiger partial charge in [-0.25, -0.2) is 0 Å². The first-order valence-electron chi connectivity index (χ1n) is 10.1. The highest BCUT2D eigenvalue weighted by Gasteiger charge is 2.47. The third-order valence-electron chi connectivity index (χ3n) is 6.30. The molecule has 5 rings (SSSR count). The molecule has 0 fully saturated rings. The van der Waals surface area contributed by atoms with Gasteiger partial charge in [0.2, 0.25) is 0 Å². The quantitative estimate of drug-likeness (QED) is 0.469. The SMILES string of the molecule is COc1cc2c(cc1OC)[C@@H]1C(=O)c3ccc4c(c3O[C@@H]1CO2)CC([C@@](C)([131I])CO)O4. The zero-order chi connectivity index (χ0) is 21.9. The molecule has 31 heavy (non-hydrogen) atoms. The van der Waals surface area contributed by atoms with Crippen molar-refractivity contribution in [3.05, 3.63) is 41.0 Å². The molecule has 164 valence electrons.